The first-order valence-electron chi connectivity index (χ1n) is 9.41. The van der Waals surface area contributed by atoms with Crippen LogP contribution in [0.2, 0.25) is 0 Å². The lowest BCUT2D eigenvalue weighted by atomic mass is 9.88. The molecule has 3 N–H and O–H groups in total. The van der Waals surface area contributed by atoms with Crippen LogP contribution < -0.4 is 16.0 Å². The van der Waals surface area contributed by atoms with Gasteiger partial charge in [0.05, 0.1) is 11.6 Å². The van der Waals surface area contributed by atoms with E-state index in [4.69, 9.17) is 0 Å². The van der Waals surface area contributed by atoms with Crippen LogP contribution in [0.5, 0.6) is 0 Å². The van der Waals surface area contributed by atoms with Gasteiger partial charge in [-0.15, -0.1) is 0 Å². The smallest absolute Gasteiger partial charge is 0.352 e. The van der Waals surface area contributed by atoms with Crippen LogP contribution in [0.25, 0.3) is 0 Å². The quantitative estimate of drug-likeness (QED) is 0.701. The minimum absolute atomic E-state index is 0.0220. The number of halogens is 4. The van der Waals surface area contributed by atoms with E-state index in [1.165, 1.54) is 12.1 Å². The van der Waals surface area contributed by atoms with Crippen molar-refractivity contribution in [3.63, 3.8) is 0 Å². The third-order valence-corrected chi connectivity index (χ3v) is 6.17. The molecule has 0 spiro atoms. The first-order chi connectivity index (χ1) is 12.8. The monoisotopic (exact) mass is 385 g/mol. The number of nitrogens with one attached hydrogen (secondary N) is 3. The fourth-order valence-corrected chi connectivity index (χ4v) is 4.85. The first kappa shape index (κ1) is 18.7. The lowest BCUT2D eigenvalue weighted by Gasteiger charge is -2.22. The van der Waals surface area contributed by atoms with Crippen molar-refractivity contribution in [1.82, 2.24) is 16.0 Å². The van der Waals surface area contributed by atoms with E-state index < -0.39 is 24.0 Å². The SMILES string of the molecule is O=C(N[C@H]1CC[C@@H]2C(c3cccc(C(F)(F)F)c3)NC[C@H]12)[C@@H]1C[C@@H](F)CN1. The lowest BCUT2D eigenvalue weighted by molar-refractivity contribution is -0.137. The normalized spacial score (nSPS) is 36.0. The summed E-state index contributed by atoms with van der Waals surface area (Å²) in [6.45, 7) is 0.855. The van der Waals surface area contributed by atoms with E-state index in [9.17, 15) is 22.4 Å². The van der Waals surface area contributed by atoms with Gasteiger partial charge in [-0.05, 0) is 42.4 Å². The Morgan fingerprint density at radius 3 is 2.63 bits per heavy atom. The molecular formula is C19H23F4N3O. The molecule has 3 aliphatic rings. The number of fused-ring (bicyclic) bond motifs is 1. The minimum atomic E-state index is -4.36. The molecule has 1 aromatic rings. The summed E-state index contributed by atoms with van der Waals surface area (Å²) in [5.41, 5.74) is 0.00298. The number of hydrogen-bond donors (Lipinski definition) is 3. The van der Waals surface area contributed by atoms with Crippen molar-refractivity contribution in [3.8, 4) is 0 Å². The summed E-state index contributed by atoms with van der Waals surface area (Å²) in [4.78, 5) is 12.4. The van der Waals surface area contributed by atoms with Gasteiger partial charge in [-0.1, -0.05) is 12.1 Å². The van der Waals surface area contributed by atoms with Crippen molar-refractivity contribution in [1.29, 1.82) is 0 Å². The number of hydrogen-bond acceptors (Lipinski definition) is 3. The van der Waals surface area contributed by atoms with Gasteiger partial charge in [-0.25, -0.2) is 4.39 Å². The molecule has 2 aliphatic heterocycles. The van der Waals surface area contributed by atoms with Crippen LogP contribution in [-0.4, -0.2) is 37.3 Å². The molecule has 4 nitrogen and oxygen atoms in total. The highest BCUT2D eigenvalue weighted by Crippen LogP contribution is 2.45. The van der Waals surface area contributed by atoms with Gasteiger partial charge in [0.15, 0.2) is 0 Å². The molecule has 1 unspecified atom stereocenters. The Balaban J connectivity index is 1.42. The van der Waals surface area contributed by atoms with Gasteiger partial charge in [-0.3, -0.25) is 4.79 Å². The van der Waals surface area contributed by atoms with Gasteiger partial charge in [0.25, 0.3) is 0 Å². The van der Waals surface area contributed by atoms with E-state index in [1.807, 2.05) is 0 Å². The Morgan fingerprint density at radius 1 is 1.11 bits per heavy atom. The summed E-state index contributed by atoms with van der Waals surface area (Å²) in [5.74, 6) is 0.184. The maximum absolute atomic E-state index is 13.3. The second kappa shape index (κ2) is 7.05. The van der Waals surface area contributed by atoms with E-state index in [-0.39, 0.29) is 42.8 Å². The fourth-order valence-electron chi connectivity index (χ4n) is 4.85. The summed E-state index contributed by atoms with van der Waals surface area (Å²) in [6, 6.07) is 4.82. The summed E-state index contributed by atoms with van der Waals surface area (Å²) >= 11 is 0. The third-order valence-electron chi connectivity index (χ3n) is 6.17. The Hall–Kier alpha value is -1.67. The zero-order chi connectivity index (χ0) is 19.2. The third kappa shape index (κ3) is 3.69. The van der Waals surface area contributed by atoms with E-state index in [0.717, 1.165) is 18.9 Å². The molecule has 2 heterocycles. The van der Waals surface area contributed by atoms with Crippen molar-refractivity contribution < 1.29 is 22.4 Å². The number of benzene rings is 1. The van der Waals surface area contributed by atoms with E-state index in [2.05, 4.69) is 16.0 Å². The van der Waals surface area contributed by atoms with Gasteiger partial charge in [0.2, 0.25) is 5.91 Å². The van der Waals surface area contributed by atoms with Crippen molar-refractivity contribution in [3.05, 3.63) is 35.4 Å². The Bertz CT molecular complexity index is 710. The Morgan fingerprint density at radius 2 is 1.93 bits per heavy atom. The molecule has 148 valence electrons. The van der Waals surface area contributed by atoms with Crippen molar-refractivity contribution in [2.75, 3.05) is 13.1 Å². The zero-order valence-corrected chi connectivity index (χ0v) is 14.7. The molecule has 1 aliphatic carbocycles. The lowest BCUT2D eigenvalue weighted by Crippen LogP contribution is -2.47. The second-order valence-electron chi connectivity index (χ2n) is 7.82. The summed E-state index contributed by atoms with van der Waals surface area (Å²) in [5, 5.41) is 9.26. The van der Waals surface area contributed by atoms with Gasteiger partial charge in [0, 0.05) is 31.6 Å². The van der Waals surface area contributed by atoms with Crippen LogP contribution >= 0.6 is 0 Å². The summed E-state index contributed by atoms with van der Waals surface area (Å²) < 4.78 is 52.3. The van der Waals surface area contributed by atoms with Gasteiger partial charge in [-0.2, -0.15) is 13.2 Å². The maximum atomic E-state index is 13.3. The molecule has 1 amide bonds. The minimum Gasteiger partial charge on any atom is -0.352 e. The topological polar surface area (TPSA) is 53.2 Å². The summed E-state index contributed by atoms with van der Waals surface area (Å²) in [7, 11) is 0. The van der Waals surface area contributed by atoms with Crippen LogP contribution in [0.1, 0.15) is 36.4 Å². The molecule has 0 aromatic heterocycles. The molecule has 6 atom stereocenters. The van der Waals surface area contributed by atoms with Crippen molar-refractivity contribution in [2.24, 2.45) is 11.8 Å². The molecule has 8 heteroatoms. The number of carbonyl (C=O) groups is 1. The molecule has 0 bridgehead atoms. The number of alkyl halides is 4. The van der Waals surface area contributed by atoms with Gasteiger partial charge < -0.3 is 16.0 Å². The molecule has 27 heavy (non-hydrogen) atoms. The zero-order valence-electron chi connectivity index (χ0n) is 14.7. The molecular weight excluding hydrogens is 362 g/mol. The molecule has 3 fully saturated rings. The molecule has 1 aromatic carbocycles. The molecule has 2 saturated heterocycles. The van der Waals surface area contributed by atoms with Gasteiger partial charge in [0.1, 0.15) is 6.17 Å². The average molecular weight is 385 g/mol. The fraction of sp³-hybridized carbons (Fsp3) is 0.632. The number of rotatable bonds is 3. The van der Waals surface area contributed by atoms with Gasteiger partial charge >= 0.3 is 6.18 Å². The molecule has 1 saturated carbocycles. The van der Waals surface area contributed by atoms with Crippen molar-refractivity contribution >= 4 is 5.91 Å². The maximum Gasteiger partial charge on any atom is 0.416 e. The van der Waals surface area contributed by atoms with Crippen LogP contribution in [0, 0.1) is 11.8 Å². The second-order valence-corrected chi connectivity index (χ2v) is 7.82. The molecule has 0 radical (unpaired) electrons. The number of amides is 1. The van der Waals surface area contributed by atoms with Crippen LogP contribution in [0.3, 0.4) is 0 Å². The molecule has 4 rings (SSSR count). The average Bonchev–Trinajstić information content (AvgIpc) is 3.32. The van der Waals surface area contributed by atoms with Crippen LogP contribution in [0.15, 0.2) is 24.3 Å². The predicted octanol–water partition coefficient (Wildman–Crippen LogP) is 2.56. The van der Waals surface area contributed by atoms with E-state index in [0.29, 0.717) is 12.1 Å². The van der Waals surface area contributed by atoms with E-state index >= 15 is 0 Å². The summed E-state index contributed by atoms with van der Waals surface area (Å²) in [6.07, 6.45) is -3.52. The highest BCUT2D eigenvalue weighted by molar-refractivity contribution is 5.82. The number of carbonyl (C=O) groups excluding carboxylic acids is 1. The van der Waals surface area contributed by atoms with Crippen molar-refractivity contribution in [2.45, 2.75) is 49.7 Å². The Labute approximate surface area is 155 Å². The first-order valence-corrected chi connectivity index (χ1v) is 9.41. The highest BCUT2D eigenvalue weighted by Gasteiger charge is 2.46. The van der Waals surface area contributed by atoms with Crippen LogP contribution in [0.4, 0.5) is 17.6 Å². The predicted molar refractivity (Wildman–Crippen MR) is 91.6 cm³/mol. The highest BCUT2D eigenvalue weighted by atomic mass is 19.4. The Kier molecular flexibility index (Phi) is 4.88. The van der Waals surface area contributed by atoms with E-state index in [1.54, 1.807) is 6.07 Å². The standard InChI is InChI=1S/C19H23F4N3O/c20-12-7-16(24-8-12)18(27)26-15-5-4-13-14(15)9-25-17(13)10-2-1-3-11(6-10)19(21,22)23/h1-3,6,12-17,24-25H,4-5,7-9H2,(H,26,27)/t12-,13+,14+,15+,16+,17?/m1/s1. The van der Waals surface area contributed by atoms with Crippen LogP contribution in [-0.2, 0) is 11.0 Å². The largest absolute Gasteiger partial charge is 0.416 e.